The molecule has 1 aromatic heterocycles. The summed E-state index contributed by atoms with van der Waals surface area (Å²) in [4.78, 5) is 51.6. The number of imide groups is 1. The number of nitrogens with one attached hydrogen (secondary N) is 1. The first kappa shape index (κ1) is 23.7. The third kappa shape index (κ3) is 4.36. The Labute approximate surface area is 199 Å². The van der Waals surface area contributed by atoms with Crippen LogP contribution >= 0.6 is 0 Å². The summed E-state index contributed by atoms with van der Waals surface area (Å²) >= 11 is 0. The maximum Gasteiger partial charge on any atom is 0.326 e. The van der Waals surface area contributed by atoms with Crippen LogP contribution in [0.3, 0.4) is 0 Å². The number of rotatable bonds is 7. The number of hydrogen-bond acceptors (Lipinski definition) is 5. The Morgan fingerprint density at radius 1 is 1.15 bits per heavy atom. The number of ether oxygens (including phenoxy) is 1. The molecule has 1 saturated carbocycles. The summed E-state index contributed by atoms with van der Waals surface area (Å²) < 4.78 is 7.21. The smallest absolute Gasteiger partial charge is 0.326 e. The van der Waals surface area contributed by atoms with Crippen molar-refractivity contribution in [2.75, 3.05) is 13.2 Å². The fraction of sp³-hybridized carbons (Fsp3) is 0.462. The van der Waals surface area contributed by atoms with Crippen LogP contribution in [0.25, 0.3) is 0 Å². The number of amides is 3. The highest BCUT2D eigenvalue weighted by atomic mass is 16.5. The second-order valence-corrected chi connectivity index (χ2v) is 9.38. The summed E-state index contributed by atoms with van der Waals surface area (Å²) in [6.45, 7) is 5.44. The van der Waals surface area contributed by atoms with Gasteiger partial charge in [-0.15, -0.1) is 0 Å². The molecule has 4 rings (SSSR count). The van der Waals surface area contributed by atoms with E-state index in [-0.39, 0.29) is 17.6 Å². The van der Waals surface area contributed by atoms with Gasteiger partial charge in [-0.2, -0.15) is 0 Å². The van der Waals surface area contributed by atoms with E-state index in [9.17, 15) is 19.2 Å². The van der Waals surface area contributed by atoms with Crippen molar-refractivity contribution in [3.05, 3.63) is 58.9 Å². The van der Waals surface area contributed by atoms with Gasteiger partial charge in [-0.05, 0) is 44.2 Å². The molecule has 2 heterocycles. The first-order valence-electron chi connectivity index (χ1n) is 11.8. The zero-order chi connectivity index (χ0) is 24.5. The summed E-state index contributed by atoms with van der Waals surface area (Å²) in [5.41, 5.74) is 2.41. The first-order chi connectivity index (χ1) is 16.2. The van der Waals surface area contributed by atoms with Crippen molar-refractivity contribution in [1.29, 1.82) is 0 Å². The number of carbonyl (C=O) groups excluding carboxylic acids is 4. The maximum absolute atomic E-state index is 13.0. The van der Waals surface area contributed by atoms with Crippen LogP contribution < -0.4 is 5.32 Å². The molecule has 0 radical (unpaired) electrons. The van der Waals surface area contributed by atoms with Crippen LogP contribution in [0.5, 0.6) is 0 Å². The van der Waals surface area contributed by atoms with Gasteiger partial charge in [0.15, 0.2) is 6.61 Å². The number of Topliss-reactive ketones (excluding diaryl/α,β-unsaturated/α-hetero) is 1. The van der Waals surface area contributed by atoms with E-state index in [0.717, 1.165) is 41.1 Å². The molecule has 1 aliphatic carbocycles. The molecule has 2 unspecified atom stereocenters. The number of carbonyl (C=O) groups is 4. The third-order valence-corrected chi connectivity index (χ3v) is 7.21. The van der Waals surface area contributed by atoms with E-state index in [1.165, 1.54) is 0 Å². The molecular formula is C26H31N3O5. The number of aromatic nitrogens is 1. The van der Waals surface area contributed by atoms with E-state index in [2.05, 4.69) is 5.32 Å². The Morgan fingerprint density at radius 3 is 2.59 bits per heavy atom. The average Bonchev–Trinajstić information content (AvgIpc) is 3.23. The third-order valence-electron chi connectivity index (χ3n) is 7.21. The highest BCUT2D eigenvalue weighted by Gasteiger charge is 2.55. The molecule has 1 aromatic carbocycles. The average molecular weight is 466 g/mol. The standard InChI is InChI=1S/C26H31N3O5/c1-17-9-7-8-12-26(17)24(32)29(25(33)27-26)15-23(31)34-16-22(30)21-13-18(2)28(19(21)3)14-20-10-5-4-6-11-20/h4-6,10-11,13,17H,7-9,12,14-16H2,1-3H3,(H,27,33). The fourth-order valence-electron chi connectivity index (χ4n) is 5.13. The number of aryl methyl sites for hydroxylation is 1. The van der Waals surface area contributed by atoms with Crippen LogP contribution in [0.15, 0.2) is 36.4 Å². The monoisotopic (exact) mass is 465 g/mol. The maximum atomic E-state index is 13.0. The van der Waals surface area contributed by atoms with Crippen molar-refractivity contribution >= 4 is 23.7 Å². The minimum Gasteiger partial charge on any atom is -0.456 e. The summed E-state index contributed by atoms with van der Waals surface area (Å²) in [5.74, 6) is -1.48. The number of esters is 1. The highest BCUT2D eigenvalue weighted by molar-refractivity contribution is 6.09. The van der Waals surface area contributed by atoms with Crippen LogP contribution in [0, 0.1) is 19.8 Å². The lowest BCUT2D eigenvalue weighted by atomic mass is 9.73. The van der Waals surface area contributed by atoms with Gasteiger partial charge in [0.05, 0.1) is 0 Å². The minimum atomic E-state index is -0.929. The molecule has 1 spiro atoms. The van der Waals surface area contributed by atoms with Gasteiger partial charge >= 0.3 is 12.0 Å². The molecule has 2 aromatic rings. The SMILES string of the molecule is Cc1cc(C(=O)COC(=O)CN2C(=O)NC3(CCCCC3C)C2=O)c(C)n1Cc1ccccc1. The van der Waals surface area contributed by atoms with Gasteiger partial charge in [-0.25, -0.2) is 4.79 Å². The first-order valence-corrected chi connectivity index (χ1v) is 11.8. The predicted octanol–water partition coefficient (Wildman–Crippen LogP) is 3.38. The van der Waals surface area contributed by atoms with Gasteiger partial charge in [0, 0.05) is 23.5 Å². The lowest BCUT2D eigenvalue weighted by Gasteiger charge is -2.36. The van der Waals surface area contributed by atoms with E-state index in [1.54, 1.807) is 6.07 Å². The van der Waals surface area contributed by atoms with Gasteiger partial charge in [0.2, 0.25) is 5.78 Å². The van der Waals surface area contributed by atoms with Gasteiger partial charge in [0.1, 0.15) is 12.1 Å². The number of ketones is 1. The van der Waals surface area contributed by atoms with Crippen LogP contribution in [0.1, 0.15) is 59.9 Å². The summed E-state index contributed by atoms with van der Waals surface area (Å²) in [6.07, 6.45) is 3.29. The molecule has 34 heavy (non-hydrogen) atoms. The highest BCUT2D eigenvalue weighted by Crippen LogP contribution is 2.38. The van der Waals surface area contributed by atoms with E-state index in [1.807, 2.05) is 55.7 Å². The Morgan fingerprint density at radius 2 is 1.88 bits per heavy atom. The van der Waals surface area contributed by atoms with Crippen molar-refractivity contribution in [1.82, 2.24) is 14.8 Å². The van der Waals surface area contributed by atoms with Crippen LogP contribution in [0.4, 0.5) is 4.79 Å². The Kier molecular flexibility index (Phi) is 6.59. The van der Waals surface area contributed by atoms with Gasteiger partial charge in [-0.1, -0.05) is 50.1 Å². The number of nitrogens with zero attached hydrogens (tertiary/aromatic N) is 2. The lowest BCUT2D eigenvalue weighted by Crippen LogP contribution is -2.54. The van der Waals surface area contributed by atoms with Gasteiger partial charge in [-0.3, -0.25) is 19.3 Å². The number of urea groups is 1. The van der Waals surface area contributed by atoms with Crippen molar-refractivity contribution in [2.24, 2.45) is 5.92 Å². The molecule has 2 atom stereocenters. The second kappa shape index (κ2) is 9.44. The Bertz CT molecular complexity index is 1120. The number of hydrogen-bond donors (Lipinski definition) is 1. The molecular weight excluding hydrogens is 434 g/mol. The molecule has 1 N–H and O–H groups in total. The zero-order valence-electron chi connectivity index (χ0n) is 19.9. The van der Waals surface area contributed by atoms with E-state index in [4.69, 9.17) is 4.74 Å². The van der Waals surface area contributed by atoms with E-state index in [0.29, 0.717) is 18.5 Å². The van der Waals surface area contributed by atoms with E-state index < -0.39 is 30.7 Å². The molecule has 2 fully saturated rings. The molecule has 0 bridgehead atoms. The molecule has 1 aliphatic heterocycles. The van der Waals surface area contributed by atoms with Crippen LogP contribution in [-0.4, -0.2) is 51.8 Å². The predicted molar refractivity (Wildman–Crippen MR) is 125 cm³/mol. The van der Waals surface area contributed by atoms with Crippen LogP contribution in [0.2, 0.25) is 0 Å². The lowest BCUT2D eigenvalue weighted by molar-refractivity contribution is -0.147. The van der Waals surface area contributed by atoms with Crippen molar-refractivity contribution in [2.45, 2.75) is 58.5 Å². The molecule has 180 valence electrons. The fourth-order valence-corrected chi connectivity index (χ4v) is 5.13. The van der Waals surface area contributed by atoms with Crippen molar-refractivity contribution in [3.8, 4) is 0 Å². The zero-order valence-corrected chi connectivity index (χ0v) is 19.9. The molecule has 2 aliphatic rings. The van der Waals surface area contributed by atoms with E-state index >= 15 is 0 Å². The topological polar surface area (TPSA) is 97.7 Å². The quantitative estimate of drug-likeness (QED) is 0.384. The van der Waals surface area contributed by atoms with Crippen molar-refractivity contribution in [3.63, 3.8) is 0 Å². The Balaban J connectivity index is 1.36. The largest absolute Gasteiger partial charge is 0.456 e. The summed E-state index contributed by atoms with van der Waals surface area (Å²) in [6, 6.07) is 11.2. The van der Waals surface area contributed by atoms with Crippen LogP contribution in [-0.2, 0) is 20.9 Å². The Hall–Kier alpha value is -3.42. The molecule has 3 amide bonds. The molecule has 8 heteroatoms. The summed E-state index contributed by atoms with van der Waals surface area (Å²) in [7, 11) is 0. The van der Waals surface area contributed by atoms with Crippen molar-refractivity contribution < 1.29 is 23.9 Å². The number of benzene rings is 1. The second-order valence-electron chi connectivity index (χ2n) is 9.38. The minimum absolute atomic E-state index is 0.00596. The molecule has 1 saturated heterocycles. The normalized spacial score (nSPS) is 22.2. The van der Waals surface area contributed by atoms with Gasteiger partial charge < -0.3 is 14.6 Å². The van der Waals surface area contributed by atoms with Gasteiger partial charge in [0.25, 0.3) is 5.91 Å². The molecule has 8 nitrogen and oxygen atoms in total. The summed E-state index contributed by atoms with van der Waals surface area (Å²) in [5, 5.41) is 2.81.